The number of fused-ring (bicyclic) bond motifs is 4. The second-order valence-electron chi connectivity index (χ2n) is 13.5. The molecule has 0 amide bonds. The largest absolute Gasteiger partial charge is 0.159 e. The lowest BCUT2D eigenvalue weighted by Gasteiger charge is -2.69. The first kappa shape index (κ1) is 18.8. The Bertz CT molecular complexity index is 569. The van der Waals surface area contributed by atoms with Gasteiger partial charge < -0.3 is 0 Å². The zero-order valence-corrected chi connectivity index (χ0v) is 19.0. The van der Waals surface area contributed by atoms with Gasteiger partial charge in [0.2, 0.25) is 0 Å². The molecule has 7 aliphatic rings. The van der Waals surface area contributed by atoms with Crippen LogP contribution in [0.25, 0.3) is 0 Å². The molecule has 0 aromatic heterocycles. The summed E-state index contributed by atoms with van der Waals surface area (Å²) in [5.41, 5.74) is 1.26. The third-order valence-electron chi connectivity index (χ3n) is 11.4. The summed E-state index contributed by atoms with van der Waals surface area (Å²) in [5, 5.41) is 1.16. The van der Waals surface area contributed by atoms with E-state index in [9.17, 15) is 0 Å². The molecule has 7 atom stereocenters. The van der Waals surface area contributed by atoms with Crippen LogP contribution >= 0.6 is 0 Å². The van der Waals surface area contributed by atoms with E-state index < -0.39 is 0 Å². The third-order valence-corrected chi connectivity index (χ3v) is 11.4. The van der Waals surface area contributed by atoms with Gasteiger partial charge in [-0.05, 0) is 66.0 Å². The van der Waals surface area contributed by atoms with Gasteiger partial charge in [0.05, 0.1) is 0 Å². The van der Waals surface area contributed by atoms with Crippen molar-refractivity contribution in [2.75, 3.05) is 0 Å². The molecule has 0 nitrogen and oxygen atoms in total. The fourth-order valence-electron chi connectivity index (χ4n) is 9.55. The second-order valence-corrected chi connectivity index (χ2v) is 13.5. The van der Waals surface area contributed by atoms with Gasteiger partial charge in [0.25, 0.3) is 0 Å². The van der Waals surface area contributed by atoms with Crippen LogP contribution in [0.5, 0.6) is 0 Å². The van der Waals surface area contributed by atoms with E-state index in [1.807, 2.05) is 0 Å². The first-order valence-electron chi connectivity index (χ1n) is 12.2. The quantitative estimate of drug-likeness (QED) is 0.350. The lowest BCUT2D eigenvalue weighted by atomic mass is 9.11. The Morgan fingerprint density at radius 1 is 0.704 bits per heavy atom. The molecule has 4 bridgehead atoms. The van der Waals surface area contributed by atoms with Crippen molar-refractivity contribution < 1.29 is 0 Å². The molecule has 0 N–H and O–H groups in total. The van der Waals surface area contributed by atoms with Gasteiger partial charge in [0.15, 0.2) is 6.71 Å². The van der Waals surface area contributed by atoms with Gasteiger partial charge in [-0.2, -0.15) is 0 Å². The monoisotopic (exact) mass is 366 g/mol. The smallest absolute Gasteiger partial charge is 0.0926 e. The van der Waals surface area contributed by atoms with Crippen molar-refractivity contribution in [1.29, 1.82) is 0 Å². The topological polar surface area (TPSA) is 0 Å². The molecule has 0 aliphatic heterocycles. The molecular formula is C26H43B. The highest BCUT2D eigenvalue weighted by Gasteiger charge is 2.65. The average Bonchev–Trinajstić information content (AvgIpc) is 2.62. The lowest BCUT2D eigenvalue weighted by molar-refractivity contribution is -0.0932. The Morgan fingerprint density at radius 3 is 1.48 bits per heavy atom. The molecule has 3 unspecified atom stereocenters. The molecule has 7 aliphatic carbocycles. The van der Waals surface area contributed by atoms with Gasteiger partial charge in [-0.1, -0.05) is 96.4 Å². The van der Waals surface area contributed by atoms with E-state index >= 15 is 0 Å². The molecule has 6 saturated carbocycles. The molecule has 0 saturated heterocycles. The summed E-state index contributed by atoms with van der Waals surface area (Å²) in [6.07, 6.45) is 18.6. The zero-order valence-electron chi connectivity index (χ0n) is 19.0. The zero-order chi connectivity index (χ0) is 19.2. The Kier molecular flexibility index (Phi) is 3.97. The molecular weight excluding hydrogens is 323 g/mol. The number of hydrogen-bond donors (Lipinski definition) is 0. The Labute approximate surface area is 169 Å². The molecule has 1 heteroatoms. The van der Waals surface area contributed by atoms with E-state index in [1.54, 1.807) is 0 Å². The van der Waals surface area contributed by atoms with E-state index in [0.717, 1.165) is 36.2 Å². The van der Waals surface area contributed by atoms with E-state index in [2.05, 4.69) is 53.7 Å². The maximum absolute atomic E-state index is 2.74. The predicted molar refractivity (Wildman–Crippen MR) is 118 cm³/mol. The van der Waals surface area contributed by atoms with E-state index in [4.69, 9.17) is 0 Å². The Balaban J connectivity index is 1.48. The van der Waals surface area contributed by atoms with E-state index in [0.29, 0.717) is 21.5 Å². The summed E-state index contributed by atoms with van der Waals surface area (Å²) < 4.78 is 0. The van der Waals surface area contributed by atoms with Gasteiger partial charge in [-0.3, -0.25) is 0 Å². The minimum absolute atomic E-state index is 0.581. The maximum atomic E-state index is 2.74. The van der Waals surface area contributed by atoms with Gasteiger partial charge in [-0.25, -0.2) is 0 Å². The molecule has 0 spiro atoms. The number of allylic oxidation sites excluding steroid dienone is 2. The number of rotatable bonds is 3. The van der Waals surface area contributed by atoms with Crippen molar-refractivity contribution in [3.8, 4) is 0 Å². The molecule has 0 heterocycles. The SMILES string of the molecule is CC1(B(C2C=CCCC2)C2(C)C[C@H]3C[C@@H](C2)C3(C)C)C[C@H]2C[C@@H](C1)C2(C)C. The minimum Gasteiger partial charge on any atom is -0.0926 e. The molecule has 0 radical (unpaired) electrons. The van der Waals surface area contributed by atoms with Crippen LogP contribution in [-0.4, -0.2) is 6.71 Å². The summed E-state index contributed by atoms with van der Waals surface area (Å²) >= 11 is 0. The predicted octanol–water partition coefficient (Wildman–Crippen LogP) is 8.02. The van der Waals surface area contributed by atoms with Crippen molar-refractivity contribution in [3.05, 3.63) is 12.2 Å². The standard InChI is InChI=1S/C26H43B/c1-23(2)18-12-19(23)15-25(5,14-18)27(22-10-8-7-9-11-22)26(6)16-20-13-21(17-26)24(20,3)4/h8,10,18-22H,7,9,11-17H2,1-6H3/t18-,19+,20-,21+,22?,25?,26?. The van der Waals surface area contributed by atoms with Crippen molar-refractivity contribution in [3.63, 3.8) is 0 Å². The highest BCUT2D eigenvalue weighted by molar-refractivity contribution is 6.67. The Morgan fingerprint density at radius 2 is 1.15 bits per heavy atom. The van der Waals surface area contributed by atoms with Gasteiger partial charge >= 0.3 is 0 Å². The van der Waals surface area contributed by atoms with Gasteiger partial charge in [0, 0.05) is 0 Å². The van der Waals surface area contributed by atoms with Crippen molar-refractivity contribution >= 4 is 6.71 Å². The Hall–Kier alpha value is -0.195. The van der Waals surface area contributed by atoms with Crippen LogP contribution < -0.4 is 0 Å². The van der Waals surface area contributed by atoms with Crippen molar-refractivity contribution in [2.45, 2.75) is 116 Å². The van der Waals surface area contributed by atoms with Gasteiger partial charge in [0.1, 0.15) is 0 Å². The highest BCUT2D eigenvalue weighted by Crippen LogP contribution is 2.75. The van der Waals surface area contributed by atoms with E-state index in [-0.39, 0.29) is 0 Å². The van der Waals surface area contributed by atoms with E-state index in [1.165, 1.54) is 57.8 Å². The fraction of sp³-hybridized carbons (Fsp3) is 0.923. The highest BCUT2D eigenvalue weighted by atomic mass is 14.6. The first-order valence-corrected chi connectivity index (χ1v) is 12.2. The summed E-state index contributed by atoms with van der Waals surface area (Å²) in [5.74, 6) is 4.84. The summed E-state index contributed by atoms with van der Waals surface area (Å²) in [6.45, 7) is 16.7. The van der Waals surface area contributed by atoms with Crippen LogP contribution in [-0.2, 0) is 0 Å². The number of hydrogen-bond acceptors (Lipinski definition) is 0. The van der Waals surface area contributed by atoms with Crippen molar-refractivity contribution in [2.24, 2.45) is 34.5 Å². The normalized spacial score (nSPS) is 51.9. The molecule has 6 fully saturated rings. The first-order chi connectivity index (χ1) is 12.6. The van der Waals surface area contributed by atoms with Crippen LogP contribution in [0, 0.1) is 34.5 Å². The van der Waals surface area contributed by atoms with Crippen LogP contribution in [0.3, 0.4) is 0 Å². The lowest BCUT2D eigenvalue weighted by Crippen LogP contribution is -2.61. The average molecular weight is 366 g/mol. The molecule has 0 aromatic carbocycles. The molecule has 27 heavy (non-hydrogen) atoms. The summed E-state index contributed by atoms with van der Waals surface area (Å²) in [6, 6.07) is 0. The van der Waals surface area contributed by atoms with Crippen LogP contribution in [0.15, 0.2) is 12.2 Å². The summed E-state index contributed by atoms with van der Waals surface area (Å²) in [4.78, 5) is 0. The summed E-state index contributed by atoms with van der Waals surface area (Å²) in [7, 11) is 0. The van der Waals surface area contributed by atoms with Crippen LogP contribution in [0.4, 0.5) is 0 Å². The molecule has 0 aromatic rings. The maximum Gasteiger partial charge on any atom is 0.159 e. The van der Waals surface area contributed by atoms with Crippen LogP contribution in [0.2, 0.25) is 16.4 Å². The minimum atomic E-state index is 0.581. The second kappa shape index (κ2) is 5.69. The molecule has 150 valence electrons. The van der Waals surface area contributed by atoms with Gasteiger partial charge in [-0.15, -0.1) is 0 Å². The van der Waals surface area contributed by atoms with Crippen LogP contribution in [0.1, 0.15) is 99.3 Å². The third kappa shape index (κ3) is 2.54. The molecule has 7 rings (SSSR count). The van der Waals surface area contributed by atoms with Crippen molar-refractivity contribution in [1.82, 2.24) is 0 Å². The fourth-order valence-corrected chi connectivity index (χ4v) is 9.55.